The van der Waals surface area contributed by atoms with Crippen molar-refractivity contribution < 1.29 is 9.18 Å². The Bertz CT molecular complexity index is 747. The number of carbonyl (C=O) groups is 1. The van der Waals surface area contributed by atoms with Gasteiger partial charge in [-0.3, -0.25) is 4.79 Å². The van der Waals surface area contributed by atoms with Crippen LogP contribution < -0.4 is 10.2 Å². The zero-order valence-corrected chi connectivity index (χ0v) is 14.4. The fourth-order valence-corrected chi connectivity index (χ4v) is 2.99. The van der Waals surface area contributed by atoms with Gasteiger partial charge in [-0.25, -0.2) is 4.39 Å². The molecule has 0 atom stereocenters. The summed E-state index contributed by atoms with van der Waals surface area (Å²) in [5, 5.41) is 2.83. The summed E-state index contributed by atoms with van der Waals surface area (Å²) < 4.78 is 13.1. The number of amides is 1. The zero-order chi connectivity index (χ0) is 17.6. The molecule has 0 saturated carbocycles. The Morgan fingerprint density at radius 3 is 2.56 bits per heavy atom. The molecule has 0 aliphatic carbocycles. The molecule has 1 N–H and O–H groups in total. The molecule has 0 bridgehead atoms. The molecule has 0 radical (unpaired) electrons. The maximum absolute atomic E-state index is 13.1. The molecule has 1 aliphatic heterocycles. The Balaban J connectivity index is 1.56. The first-order valence-corrected chi connectivity index (χ1v) is 8.70. The second kappa shape index (κ2) is 7.97. The SMILES string of the molecule is CC1CCN(c2ccc(NC(=O)/C=C/c3cccc(F)c3)cc2)CC1. The third-order valence-electron chi connectivity index (χ3n) is 4.56. The average molecular weight is 338 g/mol. The van der Waals surface area contributed by atoms with Crippen molar-refractivity contribution in [3.63, 3.8) is 0 Å². The predicted molar refractivity (Wildman–Crippen MR) is 101 cm³/mol. The Hall–Kier alpha value is -2.62. The molecule has 0 unspecified atom stereocenters. The second-order valence-electron chi connectivity index (χ2n) is 6.59. The Morgan fingerprint density at radius 2 is 1.88 bits per heavy atom. The molecule has 1 saturated heterocycles. The number of hydrogen-bond acceptors (Lipinski definition) is 2. The van der Waals surface area contributed by atoms with Crippen LogP contribution in [-0.4, -0.2) is 19.0 Å². The Labute approximate surface area is 148 Å². The molecular formula is C21H23FN2O. The van der Waals surface area contributed by atoms with E-state index in [1.54, 1.807) is 18.2 Å². The number of benzene rings is 2. The lowest BCUT2D eigenvalue weighted by molar-refractivity contribution is -0.111. The van der Waals surface area contributed by atoms with Crippen molar-refractivity contribution in [2.45, 2.75) is 19.8 Å². The molecular weight excluding hydrogens is 315 g/mol. The van der Waals surface area contributed by atoms with E-state index < -0.39 is 0 Å². The highest BCUT2D eigenvalue weighted by Crippen LogP contribution is 2.24. The summed E-state index contributed by atoms with van der Waals surface area (Å²) in [5.74, 6) is 0.258. The lowest BCUT2D eigenvalue weighted by Crippen LogP contribution is -2.32. The van der Waals surface area contributed by atoms with Crippen LogP contribution in [0.15, 0.2) is 54.6 Å². The van der Waals surface area contributed by atoms with Crippen molar-refractivity contribution >= 4 is 23.4 Å². The van der Waals surface area contributed by atoms with Gasteiger partial charge in [0.1, 0.15) is 5.82 Å². The maximum atomic E-state index is 13.1. The topological polar surface area (TPSA) is 32.3 Å². The van der Waals surface area contributed by atoms with E-state index >= 15 is 0 Å². The van der Waals surface area contributed by atoms with E-state index in [1.165, 1.54) is 36.7 Å². The number of carbonyl (C=O) groups excluding carboxylic acids is 1. The van der Waals surface area contributed by atoms with Gasteiger partial charge >= 0.3 is 0 Å². The molecule has 1 fully saturated rings. The summed E-state index contributed by atoms with van der Waals surface area (Å²) >= 11 is 0. The molecule has 2 aromatic carbocycles. The number of anilines is 2. The monoisotopic (exact) mass is 338 g/mol. The quantitative estimate of drug-likeness (QED) is 0.819. The van der Waals surface area contributed by atoms with Gasteiger partial charge in [-0.05, 0) is 66.8 Å². The summed E-state index contributed by atoms with van der Waals surface area (Å²) in [4.78, 5) is 14.4. The van der Waals surface area contributed by atoms with E-state index in [9.17, 15) is 9.18 Å². The van der Waals surface area contributed by atoms with Gasteiger partial charge in [-0.15, -0.1) is 0 Å². The smallest absolute Gasteiger partial charge is 0.248 e. The van der Waals surface area contributed by atoms with Gasteiger partial charge in [0.2, 0.25) is 5.91 Å². The van der Waals surface area contributed by atoms with Crippen molar-refractivity contribution in [1.29, 1.82) is 0 Å². The first kappa shape index (κ1) is 17.2. The van der Waals surface area contributed by atoms with Crippen LogP contribution in [-0.2, 0) is 4.79 Å². The normalized spacial score (nSPS) is 15.5. The van der Waals surface area contributed by atoms with Gasteiger partial charge < -0.3 is 10.2 Å². The molecule has 0 aromatic heterocycles. The highest BCUT2D eigenvalue weighted by Gasteiger charge is 2.15. The number of hydrogen-bond donors (Lipinski definition) is 1. The van der Waals surface area contributed by atoms with Crippen LogP contribution in [0, 0.1) is 11.7 Å². The van der Waals surface area contributed by atoms with Crippen LogP contribution in [0.1, 0.15) is 25.3 Å². The second-order valence-corrected chi connectivity index (χ2v) is 6.59. The lowest BCUT2D eigenvalue weighted by atomic mass is 9.99. The largest absolute Gasteiger partial charge is 0.372 e. The predicted octanol–water partition coefficient (Wildman–Crippen LogP) is 4.71. The minimum absolute atomic E-state index is 0.233. The van der Waals surface area contributed by atoms with Gasteiger partial charge in [0, 0.05) is 30.5 Å². The fourth-order valence-electron chi connectivity index (χ4n) is 2.99. The molecule has 1 amide bonds. The molecule has 0 spiro atoms. The van der Waals surface area contributed by atoms with Gasteiger partial charge in [-0.1, -0.05) is 19.1 Å². The summed E-state index contributed by atoms with van der Waals surface area (Å²) in [6.45, 7) is 4.47. The standard InChI is InChI=1S/C21H23FN2O/c1-16-11-13-24(14-12-16)20-8-6-19(7-9-20)23-21(25)10-5-17-3-2-4-18(22)15-17/h2-10,15-16H,11-14H2,1H3,(H,23,25)/b10-5+. The van der Waals surface area contributed by atoms with E-state index in [2.05, 4.69) is 17.1 Å². The molecule has 2 aromatic rings. The summed E-state index contributed by atoms with van der Waals surface area (Å²) in [6.07, 6.45) is 5.46. The highest BCUT2D eigenvalue weighted by atomic mass is 19.1. The first-order valence-electron chi connectivity index (χ1n) is 8.70. The van der Waals surface area contributed by atoms with Crippen LogP contribution in [0.2, 0.25) is 0 Å². The summed E-state index contributed by atoms with van der Waals surface area (Å²) in [6, 6.07) is 14.1. The van der Waals surface area contributed by atoms with Gasteiger partial charge in [0.25, 0.3) is 0 Å². The van der Waals surface area contributed by atoms with E-state index in [0.29, 0.717) is 5.56 Å². The van der Waals surface area contributed by atoms with Crippen molar-refractivity contribution in [2.24, 2.45) is 5.92 Å². The van der Waals surface area contributed by atoms with Crippen LogP contribution >= 0.6 is 0 Å². The number of nitrogens with zero attached hydrogens (tertiary/aromatic N) is 1. The minimum Gasteiger partial charge on any atom is -0.372 e. The lowest BCUT2D eigenvalue weighted by Gasteiger charge is -2.32. The van der Waals surface area contributed by atoms with E-state index in [0.717, 1.165) is 24.7 Å². The zero-order valence-electron chi connectivity index (χ0n) is 14.4. The molecule has 4 heteroatoms. The molecule has 3 rings (SSSR count). The Morgan fingerprint density at radius 1 is 1.16 bits per heavy atom. The van der Waals surface area contributed by atoms with Crippen LogP contribution in [0.25, 0.3) is 6.08 Å². The van der Waals surface area contributed by atoms with Crippen molar-refractivity contribution in [2.75, 3.05) is 23.3 Å². The van der Waals surface area contributed by atoms with Gasteiger partial charge in [0.15, 0.2) is 0 Å². The van der Waals surface area contributed by atoms with Crippen molar-refractivity contribution in [3.8, 4) is 0 Å². The van der Waals surface area contributed by atoms with Gasteiger partial charge in [0.05, 0.1) is 0 Å². The number of halogens is 1. The van der Waals surface area contributed by atoms with E-state index in [-0.39, 0.29) is 11.7 Å². The third-order valence-corrected chi connectivity index (χ3v) is 4.56. The summed E-state index contributed by atoms with van der Waals surface area (Å²) in [7, 11) is 0. The number of rotatable bonds is 4. The number of nitrogens with one attached hydrogen (secondary N) is 1. The Kier molecular flexibility index (Phi) is 5.49. The highest BCUT2D eigenvalue weighted by molar-refractivity contribution is 6.02. The third kappa shape index (κ3) is 4.92. The molecule has 1 aliphatic rings. The van der Waals surface area contributed by atoms with Gasteiger partial charge in [-0.2, -0.15) is 0 Å². The molecule has 25 heavy (non-hydrogen) atoms. The van der Waals surface area contributed by atoms with Crippen LogP contribution in [0.5, 0.6) is 0 Å². The van der Waals surface area contributed by atoms with Crippen LogP contribution in [0.3, 0.4) is 0 Å². The average Bonchev–Trinajstić information content (AvgIpc) is 2.62. The van der Waals surface area contributed by atoms with E-state index in [1.807, 2.05) is 24.3 Å². The maximum Gasteiger partial charge on any atom is 0.248 e. The summed E-state index contributed by atoms with van der Waals surface area (Å²) in [5.41, 5.74) is 2.60. The van der Waals surface area contributed by atoms with Crippen molar-refractivity contribution in [1.82, 2.24) is 0 Å². The molecule has 130 valence electrons. The van der Waals surface area contributed by atoms with Crippen LogP contribution in [0.4, 0.5) is 15.8 Å². The van der Waals surface area contributed by atoms with Crippen molar-refractivity contribution in [3.05, 3.63) is 66.0 Å². The first-order chi connectivity index (χ1) is 12.1. The minimum atomic E-state index is -0.315. The molecule has 1 heterocycles. The molecule has 3 nitrogen and oxygen atoms in total. The fraction of sp³-hybridized carbons (Fsp3) is 0.286. The van der Waals surface area contributed by atoms with E-state index in [4.69, 9.17) is 0 Å². The number of piperidine rings is 1.